The van der Waals surface area contributed by atoms with E-state index < -0.39 is 15.9 Å². The Kier molecular flexibility index (Phi) is 5.40. The van der Waals surface area contributed by atoms with Crippen molar-refractivity contribution in [1.29, 1.82) is 0 Å². The van der Waals surface area contributed by atoms with Crippen molar-refractivity contribution in [3.8, 4) is 11.5 Å². The number of likely N-dealkylation sites (tertiary alicyclic amines) is 1. The van der Waals surface area contributed by atoms with E-state index in [0.29, 0.717) is 50.9 Å². The highest BCUT2D eigenvalue weighted by molar-refractivity contribution is 7.89. The quantitative estimate of drug-likeness (QED) is 0.683. The summed E-state index contributed by atoms with van der Waals surface area (Å²) in [5, 5.41) is 9.71. The molecule has 168 valence electrons. The monoisotopic (exact) mass is 456 g/mol. The molecule has 1 unspecified atom stereocenters. The van der Waals surface area contributed by atoms with Crippen LogP contribution in [0.2, 0.25) is 0 Å². The average molecular weight is 457 g/mol. The molecule has 2 fully saturated rings. The SMILES string of the molecule is O=C(C(CO)c1ccccc1)N1CC(=C2CN(S(=O)(=O)c3ccc4c(c3)OCCO4)C2)C1. The number of ether oxygens (including phenoxy) is 2. The van der Waals surface area contributed by atoms with Gasteiger partial charge in [-0.1, -0.05) is 30.3 Å². The number of nitrogens with zero attached hydrogens (tertiary/aromatic N) is 2. The van der Waals surface area contributed by atoms with Gasteiger partial charge in [0.25, 0.3) is 0 Å². The molecule has 5 rings (SSSR count). The molecule has 8 nitrogen and oxygen atoms in total. The fourth-order valence-corrected chi connectivity index (χ4v) is 5.58. The van der Waals surface area contributed by atoms with E-state index in [1.165, 1.54) is 16.4 Å². The van der Waals surface area contributed by atoms with Crippen LogP contribution in [0.15, 0.2) is 64.6 Å². The van der Waals surface area contributed by atoms with Crippen molar-refractivity contribution in [3.63, 3.8) is 0 Å². The first-order valence-electron chi connectivity index (χ1n) is 10.5. The van der Waals surface area contributed by atoms with Crippen molar-refractivity contribution in [3.05, 3.63) is 65.2 Å². The normalized spacial score (nSPS) is 19.2. The number of rotatable bonds is 5. The fourth-order valence-electron chi connectivity index (χ4n) is 4.13. The largest absolute Gasteiger partial charge is 0.486 e. The van der Waals surface area contributed by atoms with Crippen LogP contribution in [0.5, 0.6) is 11.5 Å². The molecule has 2 aromatic rings. The second-order valence-electron chi connectivity index (χ2n) is 8.13. The molecular formula is C23H24N2O6S. The first-order chi connectivity index (χ1) is 15.5. The van der Waals surface area contributed by atoms with Crippen LogP contribution in [0.3, 0.4) is 0 Å². The molecule has 0 aliphatic carbocycles. The fraction of sp³-hybridized carbons (Fsp3) is 0.348. The minimum atomic E-state index is -3.62. The molecule has 0 spiro atoms. The molecule has 2 saturated heterocycles. The molecule has 1 atom stereocenters. The Balaban J connectivity index is 1.21. The summed E-state index contributed by atoms with van der Waals surface area (Å²) in [6.07, 6.45) is 0. The number of carbonyl (C=O) groups is 1. The van der Waals surface area contributed by atoms with Crippen molar-refractivity contribution in [2.75, 3.05) is 46.0 Å². The second kappa shape index (κ2) is 8.23. The Labute approximate surface area is 186 Å². The highest BCUT2D eigenvalue weighted by atomic mass is 32.2. The van der Waals surface area contributed by atoms with Crippen LogP contribution < -0.4 is 9.47 Å². The van der Waals surface area contributed by atoms with Gasteiger partial charge in [-0.3, -0.25) is 4.79 Å². The van der Waals surface area contributed by atoms with Crippen LogP contribution in [-0.2, 0) is 14.8 Å². The summed E-state index contributed by atoms with van der Waals surface area (Å²) in [6.45, 7) is 2.23. The third-order valence-electron chi connectivity index (χ3n) is 6.14. The second-order valence-corrected chi connectivity index (χ2v) is 10.1. The topological polar surface area (TPSA) is 96.4 Å². The first-order valence-corrected chi connectivity index (χ1v) is 12.0. The number of hydrogen-bond acceptors (Lipinski definition) is 6. The van der Waals surface area contributed by atoms with Crippen LogP contribution in [0.1, 0.15) is 11.5 Å². The van der Waals surface area contributed by atoms with Crippen LogP contribution in [0.4, 0.5) is 0 Å². The summed E-state index contributed by atoms with van der Waals surface area (Å²) in [7, 11) is -3.62. The van der Waals surface area contributed by atoms with E-state index in [1.807, 2.05) is 30.3 Å². The lowest BCUT2D eigenvalue weighted by molar-refractivity contribution is -0.135. The summed E-state index contributed by atoms with van der Waals surface area (Å²) < 4.78 is 38.3. The summed E-state index contributed by atoms with van der Waals surface area (Å²) in [6, 6.07) is 13.9. The zero-order valence-electron chi connectivity index (χ0n) is 17.4. The highest BCUT2D eigenvalue weighted by Crippen LogP contribution is 2.36. The van der Waals surface area contributed by atoms with Gasteiger partial charge in [-0.2, -0.15) is 4.31 Å². The van der Waals surface area contributed by atoms with Crippen molar-refractivity contribution in [2.45, 2.75) is 10.8 Å². The van der Waals surface area contributed by atoms with E-state index in [0.717, 1.165) is 16.7 Å². The van der Waals surface area contributed by atoms with Gasteiger partial charge in [0.1, 0.15) is 13.2 Å². The minimum Gasteiger partial charge on any atom is -0.486 e. The van der Waals surface area contributed by atoms with Crippen LogP contribution >= 0.6 is 0 Å². The maximum Gasteiger partial charge on any atom is 0.243 e. The van der Waals surface area contributed by atoms with Crippen molar-refractivity contribution in [1.82, 2.24) is 9.21 Å². The zero-order chi connectivity index (χ0) is 22.3. The summed E-state index contributed by atoms with van der Waals surface area (Å²) in [5.41, 5.74) is 2.94. The summed E-state index contributed by atoms with van der Waals surface area (Å²) in [5.74, 6) is 0.318. The van der Waals surface area contributed by atoms with E-state index in [2.05, 4.69) is 0 Å². The molecule has 3 aliphatic rings. The van der Waals surface area contributed by atoms with Gasteiger partial charge in [-0.15, -0.1) is 0 Å². The van der Waals surface area contributed by atoms with E-state index >= 15 is 0 Å². The van der Waals surface area contributed by atoms with Crippen LogP contribution in [-0.4, -0.2) is 74.6 Å². The smallest absolute Gasteiger partial charge is 0.243 e. The molecule has 3 heterocycles. The van der Waals surface area contributed by atoms with Crippen LogP contribution in [0, 0.1) is 0 Å². The number of amides is 1. The minimum absolute atomic E-state index is 0.108. The molecule has 2 aromatic carbocycles. The van der Waals surface area contributed by atoms with Gasteiger partial charge in [0.2, 0.25) is 15.9 Å². The predicted octanol–water partition coefficient (Wildman–Crippen LogP) is 1.38. The Hall–Kier alpha value is -2.88. The van der Waals surface area contributed by atoms with Gasteiger partial charge in [0.15, 0.2) is 11.5 Å². The predicted molar refractivity (Wildman–Crippen MR) is 116 cm³/mol. The molecule has 9 heteroatoms. The number of aliphatic hydroxyl groups is 1. The molecule has 0 bridgehead atoms. The molecule has 3 aliphatic heterocycles. The number of sulfonamides is 1. The molecule has 1 N–H and O–H groups in total. The lowest BCUT2D eigenvalue weighted by Crippen LogP contribution is -2.52. The number of fused-ring (bicyclic) bond motifs is 1. The Morgan fingerprint density at radius 1 is 0.938 bits per heavy atom. The zero-order valence-corrected chi connectivity index (χ0v) is 18.3. The van der Waals surface area contributed by atoms with Gasteiger partial charge in [-0.05, 0) is 28.8 Å². The third kappa shape index (κ3) is 3.66. The lowest BCUT2D eigenvalue weighted by atomic mass is 9.92. The number of hydrogen-bond donors (Lipinski definition) is 1. The van der Waals surface area contributed by atoms with Crippen molar-refractivity contribution >= 4 is 15.9 Å². The molecule has 0 aromatic heterocycles. The van der Waals surface area contributed by atoms with E-state index in [1.54, 1.807) is 11.0 Å². The molecule has 1 amide bonds. The lowest BCUT2D eigenvalue weighted by Gasteiger charge is -2.42. The number of aliphatic hydroxyl groups excluding tert-OH is 1. The van der Waals surface area contributed by atoms with E-state index in [9.17, 15) is 18.3 Å². The number of carbonyl (C=O) groups excluding carboxylic acids is 1. The van der Waals surface area contributed by atoms with Gasteiger partial charge in [0.05, 0.1) is 17.4 Å². The van der Waals surface area contributed by atoms with E-state index in [-0.39, 0.29) is 17.4 Å². The van der Waals surface area contributed by atoms with Crippen LogP contribution in [0.25, 0.3) is 0 Å². The third-order valence-corrected chi connectivity index (χ3v) is 7.93. The maximum absolute atomic E-state index is 12.9. The number of benzene rings is 2. The average Bonchev–Trinajstić information content (AvgIpc) is 2.75. The van der Waals surface area contributed by atoms with Gasteiger partial charge < -0.3 is 19.5 Å². The summed E-state index contributed by atoms with van der Waals surface area (Å²) in [4.78, 5) is 14.7. The summed E-state index contributed by atoms with van der Waals surface area (Å²) >= 11 is 0. The molecule has 0 saturated carbocycles. The maximum atomic E-state index is 12.9. The Morgan fingerprint density at radius 2 is 1.59 bits per heavy atom. The van der Waals surface area contributed by atoms with Gasteiger partial charge in [-0.25, -0.2) is 8.42 Å². The van der Waals surface area contributed by atoms with Crippen molar-refractivity contribution < 1.29 is 27.8 Å². The first kappa shape index (κ1) is 21.0. The standard InChI is InChI=1S/C23H24N2O6S/c26-15-20(16-4-2-1-3-5-16)23(27)24-11-17(12-24)18-13-25(14-18)32(28,29)19-6-7-21-22(10-19)31-9-8-30-21/h1-7,10,20,26H,8-9,11-15H2. The Bertz CT molecular complexity index is 1160. The highest BCUT2D eigenvalue weighted by Gasteiger charge is 2.39. The Morgan fingerprint density at radius 3 is 2.28 bits per heavy atom. The molecule has 32 heavy (non-hydrogen) atoms. The van der Waals surface area contributed by atoms with E-state index in [4.69, 9.17) is 9.47 Å². The van der Waals surface area contributed by atoms with Gasteiger partial charge >= 0.3 is 0 Å². The van der Waals surface area contributed by atoms with Gasteiger partial charge in [0, 0.05) is 32.2 Å². The van der Waals surface area contributed by atoms with Crippen molar-refractivity contribution in [2.24, 2.45) is 0 Å². The molecule has 0 radical (unpaired) electrons. The molecular weight excluding hydrogens is 432 g/mol.